The Morgan fingerprint density at radius 2 is 1.74 bits per heavy atom. The van der Waals surface area contributed by atoms with Crippen molar-refractivity contribution in [3.8, 4) is 0 Å². The second kappa shape index (κ2) is 14.5. The van der Waals surface area contributed by atoms with E-state index in [2.05, 4.69) is 69.9 Å². The van der Waals surface area contributed by atoms with E-state index in [0.29, 0.717) is 0 Å². The minimum Gasteiger partial charge on any atom is -0.369 e. The molecule has 4 rings (SSSR count). The van der Waals surface area contributed by atoms with Crippen LogP contribution in [0.25, 0.3) is 11.0 Å². The lowest BCUT2D eigenvalue weighted by atomic mass is 10.1. The van der Waals surface area contributed by atoms with Gasteiger partial charge in [0.15, 0.2) is 0 Å². The first kappa shape index (κ1) is 27.5. The van der Waals surface area contributed by atoms with Crippen LogP contribution < -0.4 is 10.2 Å². The van der Waals surface area contributed by atoms with Crippen molar-refractivity contribution in [2.75, 3.05) is 31.1 Å². The first-order valence-electron chi connectivity index (χ1n) is 12.7. The molecule has 0 bridgehead atoms. The Bertz CT molecular complexity index is 1020. The number of fused-ring (bicyclic) bond motifs is 1. The van der Waals surface area contributed by atoms with Gasteiger partial charge in [-0.1, -0.05) is 27.2 Å². The van der Waals surface area contributed by atoms with Crippen molar-refractivity contribution < 1.29 is 4.79 Å². The van der Waals surface area contributed by atoms with Crippen LogP contribution in [0.1, 0.15) is 63.8 Å². The Hall–Kier alpha value is -2.73. The quantitative estimate of drug-likeness (QED) is 0.538. The molecule has 6 nitrogen and oxygen atoms in total. The summed E-state index contributed by atoms with van der Waals surface area (Å²) in [5.41, 5.74) is 6.48. The molecule has 4 heterocycles. The fourth-order valence-corrected chi connectivity index (χ4v) is 4.23. The molecule has 0 spiro atoms. The van der Waals surface area contributed by atoms with Crippen molar-refractivity contribution in [2.45, 2.75) is 66.7 Å². The molecular formula is C28H43N5O. The lowest BCUT2D eigenvalue weighted by molar-refractivity contribution is -0.117. The molecule has 0 radical (unpaired) electrons. The van der Waals surface area contributed by atoms with E-state index >= 15 is 0 Å². The van der Waals surface area contributed by atoms with Crippen LogP contribution in [0.4, 0.5) is 5.69 Å². The number of pyridine rings is 2. The summed E-state index contributed by atoms with van der Waals surface area (Å²) in [5, 5.41) is 4.67. The van der Waals surface area contributed by atoms with Crippen molar-refractivity contribution in [1.29, 1.82) is 0 Å². The third kappa shape index (κ3) is 7.94. The number of rotatable bonds is 6. The molecule has 0 amide bonds. The van der Waals surface area contributed by atoms with Crippen LogP contribution in [-0.2, 0) is 24.7 Å². The molecule has 1 aliphatic heterocycles. The number of aromatic nitrogens is 3. The van der Waals surface area contributed by atoms with Gasteiger partial charge in [-0.25, -0.2) is 4.98 Å². The van der Waals surface area contributed by atoms with E-state index in [-0.39, 0.29) is 5.78 Å². The van der Waals surface area contributed by atoms with Gasteiger partial charge in [-0.15, -0.1) is 0 Å². The maximum absolute atomic E-state index is 10.0. The van der Waals surface area contributed by atoms with E-state index in [1.54, 1.807) is 6.92 Å². The molecule has 0 aliphatic carbocycles. The molecule has 1 saturated heterocycles. The molecule has 1 fully saturated rings. The van der Waals surface area contributed by atoms with Gasteiger partial charge in [-0.3, -0.25) is 4.98 Å². The average molecular weight is 466 g/mol. The second-order valence-electron chi connectivity index (χ2n) is 8.82. The average Bonchev–Trinajstić information content (AvgIpc) is 3.23. The number of carbonyl (C=O) groups is 1. The summed E-state index contributed by atoms with van der Waals surface area (Å²) in [6.45, 7) is 14.5. The molecule has 3 aromatic rings. The highest BCUT2D eigenvalue weighted by Gasteiger charge is 2.15. The summed E-state index contributed by atoms with van der Waals surface area (Å²) in [6, 6.07) is 6.38. The third-order valence-corrected chi connectivity index (χ3v) is 6.05. The molecule has 3 aromatic heterocycles. The van der Waals surface area contributed by atoms with Crippen LogP contribution in [0.2, 0.25) is 0 Å². The Morgan fingerprint density at radius 3 is 2.32 bits per heavy atom. The molecule has 1 N–H and O–H groups in total. The summed E-state index contributed by atoms with van der Waals surface area (Å²) < 4.78 is 2.05. The van der Waals surface area contributed by atoms with E-state index in [4.69, 9.17) is 0 Å². The molecule has 186 valence electrons. The van der Waals surface area contributed by atoms with Crippen molar-refractivity contribution >= 4 is 22.5 Å². The second-order valence-corrected chi connectivity index (χ2v) is 8.82. The molecular weight excluding hydrogens is 422 g/mol. The summed E-state index contributed by atoms with van der Waals surface area (Å²) in [7, 11) is 2.02. The van der Waals surface area contributed by atoms with Crippen molar-refractivity contribution in [3.63, 3.8) is 0 Å². The van der Waals surface area contributed by atoms with Gasteiger partial charge in [0.05, 0.1) is 0 Å². The van der Waals surface area contributed by atoms with Crippen molar-refractivity contribution in [2.24, 2.45) is 7.05 Å². The first-order chi connectivity index (χ1) is 16.4. The van der Waals surface area contributed by atoms with Crippen LogP contribution >= 0.6 is 0 Å². The van der Waals surface area contributed by atoms with Crippen LogP contribution in [0.3, 0.4) is 0 Å². The minimum atomic E-state index is 0.289. The monoisotopic (exact) mass is 465 g/mol. The summed E-state index contributed by atoms with van der Waals surface area (Å²) in [4.78, 5) is 21.2. The van der Waals surface area contributed by atoms with Crippen LogP contribution in [0.15, 0.2) is 36.8 Å². The largest absolute Gasteiger partial charge is 0.369 e. The zero-order valence-corrected chi connectivity index (χ0v) is 22.0. The van der Waals surface area contributed by atoms with Gasteiger partial charge in [-0.05, 0) is 62.4 Å². The van der Waals surface area contributed by atoms with Crippen molar-refractivity contribution in [3.05, 3.63) is 53.6 Å². The molecule has 6 heteroatoms. The molecule has 0 unspecified atom stereocenters. The summed E-state index contributed by atoms with van der Waals surface area (Å²) >= 11 is 0. The van der Waals surface area contributed by atoms with Gasteiger partial charge < -0.3 is 19.6 Å². The van der Waals surface area contributed by atoms with E-state index in [1.165, 1.54) is 34.3 Å². The number of nitrogens with zero attached hydrogens (tertiary/aromatic N) is 4. The number of Topliss-reactive ketones (excluding diaryl/α,β-unsaturated/α-hetero) is 1. The Labute approximate surface area is 205 Å². The molecule has 0 saturated carbocycles. The summed E-state index contributed by atoms with van der Waals surface area (Å²) in [5.74, 6) is 0.289. The van der Waals surface area contributed by atoms with Crippen molar-refractivity contribution in [1.82, 2.24) is 19.9 Å². The number of hydrogen-bond donors (Lipinski definition) is 1. The van der Waals surface area contributed by atoms with Crippen LogP contribution in [0, 0.1) is 6.92 Å². The molecule has 0 aromatic carbocycles. The van der Waals surface area contributed by atoms with Crippen LogP contribution in [-0.4, -0.2) is 46.5 Å². The maximum Gasteiger partial charge on any atom is 0.139 e. The smallest absolute Gasteiger partial charge is 0.139 e. The molecule has 34 heavy (non-hydrogen) atoms. The normalized spacial score (nSPS) is 13.1. The number of aryl methyl sites for hydroxylation is 3. The van der Waals surface area contributed by atoms with Gasteiger partial charge in [0.1, 0.15) is 11.4 Å². The predicted molar refractivity (Wildman–Crippen MR) is 144 cm³/mol. The topological polar surface area (TPSA) is 63.1 Å². The third-order valence-electron chi connectivity index (χ3n) is 6.05. The number of piperazine rings is 1. The SMILES string of the molecule is CCCC(C)=O.CCCc1c(N2CCNCC2)ccnc1C.CCc1ccnc2c1ccn2C. The van der Waals surface area contributed by atoms with E-state index < -0.39 is 0 Å². The summed E-state index contributed by atoms with van der Waals surface area (Å²) in [6.07, 6.45) is 11.0. The number of anilines is 1. The van der Waals surface area contributed by atoms with Crippen LogP contribution in [0.5, 0.6) is 0 Å². The van der Waals surface area contributed by atoms with E-state index in [9.17, 15) is 4.79 Å². The zero-order chi connectivity index (χ0) is 24.9. The lowest BCUT2D eigenvalue weighted by Gasteiger charge is -2.31. The van der Waals surface area contributed by atoms with E-state index in [1.807, 2.05) is 26.4 Å². The first-order valence-corrected chi connectivity index (χ1v) is 12.7. The Kier molecular flexibility index (Phi) is 11.7. The predicted octanol–water partition coefficient (Wildman–Crippen LogP) is 5.26. The van der Waals surface area contributed by atoms with Gasteiger partial charge in [0.25, 0.3) is 0 Å². The zero-order valence-electron chi connectivity index (χ0n) is 22.0. The molecule has 0 atom stereocenters. The highest BCUT2D eigenvalue weighted by Crippen LogP contribution is 2.24. The highest BCUT2D eigenvalue weighted by atomic mass is 16.1. The fraction of sp³-hybridized carbons (Fsp3) is 0.536. The minimum absolute atomic E-state index is 0.289. The van der Waals surface area contributed by atoms with Gasteiger partial charge >= 0.3 is 0 Å². The Balaban J connectivity index is 0.000000200. The number of nitrogens with one attached hydrogen (secondary N) is 1. The van der Waals surface area contributed by atoms with Gasteiger partial charge in [0, 0.05) is 75.0 Å². The number of ketones is 1. The highest BCUT2D eigenvalue weighted by molar-refractivity contribution is 5.79. The number of carbonyl (C=O) groups excluding carboxylic acids is 1. The number of hydrogen-bond acceptors (Lipinski definition) is 5. The van der Waals surface area contributed by atoms with Gasteiger partial charge in [0.2, 0.25) is 0 Å². The Morgan fingerprint density at radius 1 is 1.03 bits per heavy atom. The standard InChI is InChI=1S/C13H21N3.C10H12N2.C5H10O/c1-3-4-12-11(2)15-6-5-13(12)16-9-7-14-8-10-16;1-3-8-4-6-11-10-9(8)5-7-12(10)2;1-3-4-5(2)6/h5-6,14H,3-4,7-10H2,1-2H3;4-7H,3H2,1-2H3;3-4H2,1-2H3. The maximum atomic E-state index is 10.0. The van der Waals surface area contributed by atoms with Gasteiger partial charge in [-0.2, -0.15) is 0 Å². The lowest BCUT2D eigenvalue weighted by Crippen LogP contribution is -2.44. The fourth-order valence-electron chi connectivity index (χ4n) is 4.23. The molecule has 1 aliphatic rings. The van der Waals surface area contributed by atoms with E-state index in [0.717, 1.165) is 57.5 Å².